The first kappa shape index (κ1) is 8.98. The first-order valence-corrected chi connectivity index (χ1v) is 5.32. The SMILES string of the molecule is CC1(C)C=CC(=O)CC1C1CCC1. The number of allylic oxidation sites excluding steroid dienone is 2. The van der Waals surface area contributed by atoms with Crippen LogP contribution in [0.4, 0.5) is 0 Å². The predicted molar refractivity (Wildman–Crippen MR) is 53.4 cm³/mol. The summed E-state index contributed by atoms with van der Waals surface area (Å²) in [6.07, 6.45) is 8.73. The number of ketones is 1. The standard InChI is InChI=1S/C12H18O/c1-12(2)7-6-10(13)8-11(12)9-4-3-5-9/h6-7,9,11H,3-5,8H2,1-2H3. The molecular weight excluding hydrogens is 160 g/mol. The van der Waals surface area contributed by atoms with Crippen LogP contribution in [0.1, 0.15) is 39.5 Å². The van der Waals surface area contributed by atoms with Crippen molar-refractivity contribution in [2.45, 2.75) is 39.5 Å². The summed E-state index contributed by atoms with van der Waals surface area (Å²) in [5.41, 5.74) is 0.249. The van der Waals surface area contributed by atoms with Crippen LogP contribution in [0.2, 0.25) is 0 Å². The number of hydrogen-bond donors (Lipinski definition) is 0. The van der Waals surface area contributed by atoms with Crippen molar-refractivity contribution in [2.75, 3.05) is 0 Å². The minimum atomic E-state index is 0.249. The minimum absolute atomic E-state index is 0.249. The lowest BCUT2D eigenvalue weighted by molar-refractivity contribution is -0.118. The van der Waals surface area contributed by atoms with Gasteiger partial charge in [-0.2, -0.15) is 0 Å². The fourth-order valence-electron chi connectivity index (χ4n) is 2.60. The van der Waals surface area contributed by atoms with Gasteiger partial charge in [0, 0.05) is 6.42 Å². The Morgan fingerprint density at radius 1 is 1.38 bits per heavy atom. The molecule has 1 nitrogen and oxygen atoms in total. The molecule has 0 amide bonds. The fraction of sp³-hybridized carbons (Fsp3) is 0.750. The summed E-state index contributed by atoms with van der Waals surface area (Å²) in [5, 5.41) is 0. The van der Waals surface area contributed by atoms with Crippen molar-refractivity contribution in [3.8, 4) is 0 Å². The van der Waals surface area contributed by atoms with Gasteiger partial charge in [0.05, 0.1) is 0 Å². The smallest absolute Gasteiger partial charge is 0.155 e. The highest BCUT2D eigenvalue weighted by molar-refractivity contribution is 5.91. The average Bonchev–Trinajstić information content (AvgIpc) is 1.94. The molecule has 0 saturated heterocycles. The highest BCUT2D eigenvalue weighted by atomic mass is 16.1. The zero-order chi connectivity index (χ0) is 9.47. The van der Waals surface area contributed by atoms with Gasteiger partial charge >= 0.3 is 0 Å². The lowest BCUT2D eigenvalue weighted by Crippen LogP contribution is -2.36. The summed E-state index contributed by atoms with van der Waals surface area (Å²) in [5.74, 6) is 1.76. The molecule has 0 heterocycles. The molecule has 1 unspecified atom stereocenters. The van der Waals surface area contributed by atoms with Crippen LogP contribution in [0.3, 0.4) is 0 Å². The quantitative estimate of drug-likeness (QED) is 0.603. The summed E-state index contributed by atoms with van der Waals surface area (Å²) < 4.78 is 0. The Kier molecular flexibility index (Phi) is 2.05. The van der Waals surface area contributed by atoms with Crippen molar-refractivity contribution < 1.29 is 4.79 Å². The van der Waals surface area contributed by atoms with Crippen molar-refractivity contribution in [2.24, 2.45) is 17.3 Å². The molecule has 1 heteroatoms. The van der Waals surface area contributed by atoms with Crippen LogP contribution >= 0.6 is 0 Å². The van der Waals surface area contributed by atoms with Crippen molar-refractivity contribution >= 4 is 5.78 Å². The van der Waals surface area contributed by atoms with Gasteiger partial charge in [-0.25, -0.2) is 0 Å². The molecule has 1 fully saturated rings. The molecule has 13 heavy (non-hydrogen) atoms. The van der Waals surface area contributed by atoms with Crippen LogP contribution in [-0.2, 0) is 4.79 Å². The first-order valence-electron chi connectivity index (χ1n) is 5.32. The van der Waals surface area contributed by atoms with Gasteiger partial charge in [0.25, 0.3) is 0 Å². The van der Waals surface area contributed by atoms with E-state index in [0.717, 1.165) is 12.3 Å². The molecule has 72 valence electrons. The second-order valence-corrected chi connectivity index (χ2v) is 5.12. The van der Waals surface area contributed by atoms with Gasteiger partial charge in [-0.15, -0.1) is 0 Å². The molecule has 2 aliphatic rings. The number of hydrogen-bond acceptors (Lipinski definition) is 1. The molecule has 0 radical (unpaired) electrons. The molecule has 2 aliphatic carbocycles. The highest BCUT2D eigenvalue weighted by Gasteiger charge is 2.39. The second kappa shape index (κ2) is 2.97. The average molecular weight is 178 g/mol. The third kappa shape index (κ3) is 1.56. The van der Waals surface area contributed by atoms with Gasteiger partial charge in [-0.05, 0) is 23.3 Å². The van der Waals surface area contributed by atoms with E-state index < -0.39 is 0 Å². The number of carbonyl (C=O) groups excluding carboxylic acids is 1. The zero-order valence-electron chi connectivity index (χ0n) is 8.55. The Morgan fingerprint density at radius 3 is 2.62 bits per heavy atom. The Hall–Kier alpha value is -0.590. The van der Waals surface area contributed by atoms with Crippen LogP contribution in [0.15, 0.2) is 12.2 Å². The first-order chi connectivity index (χ1) is 6.09. The maximum absolute atomic E-state index is 11.3. The Balaban J connectivity index is 2.15. The van der Waals surface area contributed by atoms with Crippen LogP contribution in [0.25, 0.3) is 0 Å². The summed E-state index contributed by atoms with van der Waals surface area (Å²) in [6, 6.07) is 0. The van der Waals surface area contributed by atoms with E-state index in [1.54, 1.807) is 6.08 Å². The van der Waals surface area contributed by atoms with Gasteiger partial charge in [0.1, 0.15) is 0 Å². The lowest BCUT2D eigenvalue weighted by Gasteiger charge is -2.43. The molecule has 0 aliphatic heterocycles. The third-order valence-electron chi connectivity index (χ3n) is 3.79. The van der Waals surface area contributed by atoms with E-state index >= 15 is 0 Å². The van der Waals surface area contributed by atoms with Crippen molar-refractivity contribution in [1.29, 1.82) is 0 Å². The summed E-state index contributed by atoms with van der Waals surface area (Å²) in [6.45, 7) is 4.53. The highest BCUT2D eigenvalue weighted by Crippen LogP contribution is 2.46. The lowest BCUT2D eigenvalue weighted by atomic mass is 9.61. The van der Waals surface area contributed by atoms with E-state index in [-0.39, 0.29) is 5.41 Å². The molecule has 1 saturated carbocycles. The predicted octanol–water partition coefficient (Wildman–Crippen LogP) is 2.96. The molecule has 0 aromatic heterocycles. The van der Waals surface area contributed by atoms with Crippen LogP contribution in [0, 0.1) is 17.3 Å². The molecule has 0 aromatic carbocycles. The summed E-state index contributed by atoms with van der Waals surface area (Å²) >= 11 is 0. The van der Waals surface area contributed by atoms with Crippen LogP contribution in [0.5, 0.6) is 0 Å². The normalized spacial score (nSPS) is 33.1. The number of rotatable bonds is 1. The molecule has 1 atom stereocenters. The topological polar surface area (TPSA) is 17.1 Å². The summed E-state index contributed by atoms with van der Waals surface area (Å²) in [7, 11) is 0. The monoisotopic (exact) mass is 178 g/mol. The fourth-order valence-corrected chi connectivity index (χ4v) is 2.60. The molecular formula is C12H18O. The molecule has 0 spiro atoms. The Bertz CT molecular complexity index is 246. The van der Waals surface area contributed by atoms with E-state index in [9.17, 15) is 4.79 Å². The van der Waals surface area contributed by atoms with Crippen LogP contribution in [-0.4, -0.2) is 5.78 Å². The Morgan fingerprint density at radius 2 is 2.08 bits per heavy atom. The van der Waals surface area contributed by atoms with Gasteiger partial charge in [0.15, 0.2) is 5.78 Å². The molecule has 0 N–H and O–H groups in total. The van der Waals surface area contributed by atoms with E-state index in [4.69, 9.17) is 0 Å². The molecule has 0 aromatic rings. The molecule has 2 rings (SSSR count). The van der Waals surface area contributed by atoms with Gasteiger partial charge in [-0.1, -0.05) is 39.2 Å². The van der Waals surface area contributed by atoms with E-state index in [1.807, 2.05) is 0 Å². The van der Waals surface area contributed by atoms with E-state index in [1.165, 1.54) is 19.3 Å². The maximum Gasteiger partial charge on any atom is 0.155 e. The van der Waals surface area contributed by atoms with E-state index in [0.29, 0.717) is 11.7 Å². The van der Waals surface area contributed by atoms with Gasteiger partial charge in [0.2, 0.25) is 0 Å². The zero-order valence-corrected chi connectivity index (χ0v) is 8.55. The maximum atomic E-state index is 11.3. The van der Waals surface area contributed by atoms with Gasteiger partial charge in [-0.3, -0.25) is 4.79 Å². The largest absolute Gasteiger partial charge is 0.295 e. The van der Waals surface area contributed by atoms with E-state index in [2.05, 4.69) is 19.9 Å². The Labute approximate surface area is 80.2 Å². The third-order valence-corrected chi connectivity index (χ3v) is 3.79. The van der Waals surface area contributed by atoms with Gasteiger partial charge < -0.3 is 0 Å². The van der Waals surface area contributed by atoms with Crippen molar-refractivity contribution in [1.82, 2.24) is 0 Å². The second-order valence-electron chi connectivity index (χ2n) is 5.12. The molecule has 0 bridgehead atoms. The van der Waals surface area contributed by atoms with Crippen molar-refractivity contribution in [3.05, 3.63) is 12.2 Å². The minimum Gasteiger partial charge on any atom is -0.295 e. The number of carbonyl (C=O) groups is 1. The summed E-state index contributed by atoms with van der Waals surface area (Å²) in [4.78, 5) is 11.3. The van der Waals surface area contributed by atoms with Crippen LogP contribution < -0.4 is 0 Å². The van der Waals surface area contributed by atoms with Crippen molar-refractivity contribution in [3.63, 3.8) is 0 Å².